The quantitative estimate of drug-likeness (QED) is 0.638. The second-order valence-corrected chi connectivity index (χ2v) is 6.59. The standard InChI is InChI=1S/C23H20N2O5/c1-28-19-12-6-7-13-20(19)29-14-21(26)24-25-23(27)22-15-8-2-4-10-17(15)30-18-11-5-3-9-16(18)22/h2-13,22H,14H2,1H3,(H,24,26)(H,25,27). The Kier molecular flexibility index (Phi) is 5.52. The maximum absolute atomic E-state index is 13.0. The van der Waals surface area contributed by atoms with Crippen molar-refractivity contribution in [2.75, 3.05) is 13.7 Å². The van der Waals surface area contributed by atoms with Crippen LogP contribution in [0.2, 0.25) is 0 Å². The maximum atomic E-state index is 13.0. The van der Waals surface area contributed by atoms with Crippen LogP contribution in [0.4, 0.5) is 0 Å². The van der Waals surface area contributed by atoms with E-state index < -0.39 is 11.8 Å². The van der Waals surface area contributed by atoms with Gasteiger partial charge in [0.05, 0.1) is 13.0 Å². The van der Waals surface area contributed by atoms with E-state index in [1.165, 1.54) is 7.11 Å². The molecule has 0 atom stereocenters. The zero-order valence-corrected chi connectivity index (χ0v) is 16.3. The zero-order valence-electron chi connectivity index (χ0n) is 16.3. The molecule has 2 N–H and O–H groups in total. The van der Waals surface area contributed by atoms with Gasteiger partial charge in [0.25, 0.3) is 11.8 Å². The van der Waals surface area contributed by atoms with Crippen LogP contribution in [0.5, 0.6) is 23.0 Å². The number of carbonyl (C=O) groups is 2. The van der Waals surface area contributed by atoms with Crippen LogP contribution in [0.15, 0.2) is 72.8 Å². The van der Waals surface area contributed by atoms with Crippen LogP contribution in [0.1, 0.15) is 17.0 Å². The lowest BCUT2D eigenvalue weighted by molar-refractivity contribution is -0.130. The van der Waals surface area contributed by atoms with Gasteiger partial charge in [0.2, 0.25) is 0 Å². The third kappa shape index (κ3) is 3.91. The van der Waals surface area contributed by atoms with Gasteiger partial charge in [0.15, 0.2) is 18.1 Å². The first-order chi connectivity index (χ1) is 14.7. The van der Waals surface area contributed by atoms with E-state index in [-0.39, 0.29) is 12.5 Å². The van der Waals surface area contributed by atoms with E-state index >= 15 is 0 Å². The van der Waals surface area contributed by atoms with Crippen molar-refractivity contribution in [3.8, 4) is 23.0 Å². The third-order valence-electron chi connectivity index (χ3n) is 4.70. The summed E-state index contributed by atoms with van der Waals surface area (Å²) in [5.74, 6) is 0.705. The predicted octanol–water partition coefficient (Wildman–Crippen LogP) is 3.16. The summed E-state index contributed by atoms with van der Waals surface area (Å²) < 4.78 is 16.5. The molecule has 152 valence electrons. The predicted molar refractivity (Wildman–Crippen MR) is 110 cm³/mol. The number of carbonyl (C=O) groups excluding carboxylic acids is 2. The molecular weight excluding hydrogens is 384 g/mol. The average Bonchev–Trinajstić information content (AvgIpc) is 2.79. The van der Waals surface area contributed by atoms with Crippen molar-refractivity contribution in [1.29, 1.82) is 0 Å². The van der Waals surface area contributed by atoms with Gasteiger partial charge in [-0.2, -0.15) is 0 Å². The zero-order chi connectivity index (χ0) is 20.9. The Balaban J connectivity index is 1.43. The van der Waals surface area contributed by atoms with E-state index in [0.29, 0.717) is 23.0 Å². The molecule has 2 amide bonds. The molecule has 0 saturated carbocycles. The molecule has 0 radical (unpaired) electrons. The molecule has 1 aliphatic heterocycles. The molecule has 0 saturated heterocycles. The van der Waals surface area contributed by atoms with Crippen molar-refractivity contribution in [3.05, 3.63) is 83.9 Å². The summed E-state index contributed by atoms with van der Waals surface area (Å²) >= 11 is 0. The molecule has 7 nitrogen and oxygen atoms in total. The number of nitrogens with one attached hydrogen (secondary N) is 2. The highest BCUT2D eigenvalue weighted by Gasteiger charge is 2.32. The van der Waals surface area contributed by atoms with Gasteiger partial charge in [-0.25, -0.2) is 0 Å². The van der Waals surface area contributed by atoms with E-state index in [2.05, 4.69) is 10.9 Å². The van der Waals surface area contributed by atoms with Crippen molar-refractivity contribution in [2.45, 2.75) is 5.92 Å². The monoisotopic (exact) mass is 404 g/mol. The van der Waals surface area contributed by atoms with Gasteiger partial charge in [-0.05, 0) is 24.3 Å². The van der Waals surface area contributed by atoms with E-state index in [4.69, 9.17) is 14.2 Å². The lowest BCUT2D eigenvalue weighted by atomic mass is 9.87. The minimum Gasteiger partial charge on any atom is -0.493 e. The number of hydrazine groups is 1. The summed E-state index contributed by atoms with van der Waals surface area (Å²) in [4.78, 5) is 25.1. The highest BCUT2D eigenvalue weighted by atomic mass is 16.5. The largest absolute Gasteiger partial charge is 0.493 e. The van der Waals surface area contributed by atoms with E-state index in [9.17, 15) is 9.59 Å². The van der Waals surface area contributed by atoms with Gasteiger partial charge in [0, 0.05) is 11.1 Å². The highest BCUT2D eigenvalue weighted by Crippen LogP contribution is 2.43. The van der Waals surface area contributed by atoms with Crippen molar-refractivity contribution in [3.63, 3.8) is 0 Å². The second kappa shape index (κ2) is 8.57. The number of methoxy groups -OCH3 is 1. The minimum absolute atomic E-state index is 0.276. The molecule has 3 aromatic carbocycles. The van der Waals surface area contributed by atoms with Crippen molar-refractivity contribution in [2.24, 2.45) is 0 Å². The molecule has 0 spiro atoms. The van der Waals surface area contributed by atoms with Gasteiger partial charge in [-0.1, -0.05) is 48.5 Å². The van der Waals surface area contributed by atoms with Gasteiger partial charge in [-0.3, -0.25) is 20.4 Å². The van der Waals surface area contributed by atoms with E-state index in [0.717, 1.165) is 11.1 Å². The van der Waals surface area contributed by atoms with Crippen molar-refractivity contribution in [1.82, 2.24) is 10.9 Å². The number of ether oxygens (including phenoxy) is 3. The van der Waals surface area contributed by atoms with Crippen LogP contribution in [0.25, 0.3) is 0 Å². The van der Waals surface area contributed by atoms with Gasteiger partial charge < -0.3 is 14.2 Å². The maximum Gasteiger partial charge on any atom is 0.276 e. The lowest BCUT2D eigenvalue weighted by Gasteiger charge is -2.27. The van der Waals surface area contributed by atoms with Crippen molar-refractivity contribution < 1.29 is 23.8 Å². The first-order valence-corrected chi connectivity index (χ1v) is 9.37. The number of benzene rings is 3. The molecule has 7 heteroatoms. The summed E-state index contributed by atoms with van der Waals surface area (Å²) in [5.41, 5.74) is 6.36. The van der Waals surface area contributed by atoms with Gasteiger partial charge >= 0.3 is 0 Å². The summed E-state index contributed by atoms with van der Waals surface area (Å²) in [6.07, 6.45) is 0. The second-order valence-electron chi connectivity index (χ2n) is 6.59. The molecule has 30 heavy (non-hydrogen) atoms. The number of para-hydroxylation sites is 4. The van der Waals surface area contributed by atoms with Crippen LogP contribution in [-0.4, -0.2) is 25.5 Å². The summed E-state index contributed by atoms with van der Waals surface area (Å²) in [5, 5.41) is 0. The first-order valence-electron chi connectivity index (χ1n) is 9.37. The molecule has 0 aliphatic carbocycles. The van der Waals surface area contributed by atoms with Crippen molar-refractivity contribution >= 4 is 11.8 Å². The molecule has 1 heterocycles. The fourth-order valence-corrected chi connectivity index (χ4v) is 3.31. The Morgan fingerprint density at radius 3 is 2.03 bits per heavy atom. The summed E-state index contributed by atoms with van der Waals surface area (Å²) in [6, 6.07) is 21.7. The fourth-order valence-electron chi connectivity index (χ4n) is 3.31. The van der Waals surface area contributed by atoms with Crippen LogP contribution in [0.3, 0.4) is 0 Å². The smallest absolute Gasteiger partial charge is 0.276 e. The molecular formula is C23H20N2O5. The molecule has 4 rings (SSSR count). The number of amides is 2. The number of hydrogen-bond donors (Lipinski definition) is 2. The molecule has 0 bridgehead atoms. The Morgan fingerprint density at radius 1 is 0.833 bits per heavy atom. The van der Waals surface area contributed by atoms with Crippen LogP contribution >= 0.6 is 0 Å². The van der Waals surface area contributed by atoms with Crippen LogP contribution < -0.4 is 25.1 Å². The Labute approximate surface area is 173 Å². The van der Waals surface area contributed by atoms with Gasteiger partial charge in [-0.15, -0.1) is 0 Å². The SMILES string of the molecule is COc1ccccc1OCC(=O)NNC(=O)C1c2ccccc2Oc2ccccc21. The number of rotatable bonds is 5. The average molecular weight is 404 g/mol. The number of hydrogen-bond acceptors (Lipinski definition) is 5. The summed E-state index contributed by atoms with van der Waals surface area (Å²) in [6.45, 7) is -0.276. The molecule has 0 aromatic heterocycles. The van der Waals surface area contributed by atoms with E-state index in [1.807, 2.05) is 48.5 Å². The lowest BCUT2D eigenvalue weighted by Crippen LogP contribution is -2.46. The van der Waals surface area contributed by atoms with Crippen LogP contribution in [0, 0.1) is 0 Å². The Bertz CT molecular complexity index is 1040. The molecule has 3 aromatic rings. The minimum atomic E-state index is -0.610. The van der Waals surface area contributed by atoms with Gasteiger partial charge in [0.1, 0.15) is 11.5 Å². The highest BCUT2D eigenvalue weighted by molar-refractivity contribution is 5.91. The Morgan fingerprint density at radius 2 is 1.40 bits per heavy atom. The normalized spacial score (nSPS) is 12.0. The fraction of sp³-hybridized carbons (Fsp3) is 0.130. The number of fused-ring (bicyclic) bond motifs is 2. The topological polar surface area (TPSA) is 85.9 Å². The first kappa shape index (κ1) is 19.3. The molecule has 0 fully saturated rings. The van der Waals surface area contributed by atoms with E-state index in [1.54, 1.807) is 24.3 Å². The Hall–Kier alpha value is -4.00. The summed E-state index contributed by atoms with van der Waals surface area (Å²) in [7, 11) is 1.52. The molecule has 0 unspecified atom stereocenters. The van der Waals surface area contributed by atoms with Crippen LogP contribution in [-0.2, 0) is 9.59 Å². The third-order valence-corrected chi connectivity index (χ3v) is 4.70. The molecule has 1 aliphatic rings.